The summed E-state index contributed by atoms with van der Waals surface area (Å²) in [6.45, 7) is 5.54. The lowest BCUT2D eigenvalue weighted by Gasteiger charge is -2.31. The highest BCUT2D eigenvalue weighted by molar-refractivity contribution is 6.72. The predicted molar refractivity (Wildman–Crippen MR) is 193 cm³/mol. The number of benzene rings is 4. The van der Waals surface area contributed by atoms with Gasteiger partial charge in [-0.15, -0.1) is 5.10 Å². The number of aliphatic hydroxyl groups excluding tert-OH is 1. The number of rotatable bonds is 11. The lowest BCUT2D eigenvalue weighted by molar-refractivity contribution is -0.145. The van der Waals surface area contributed by atoms with Gasteiger partial charge in [0.2, 0.25) is 14.8 Å². The topological polar surface area (TPSA) is 101 Å². The number of para-hydroxylation sites is 2. The van der Waals surface area contributed by atoms with Crippen molar-refractivity contribution in [2.24, 2.45) is 5.92 Å². The number of halogens is 1. The molecule has 1 unspecified atom stereocenters. The summed E-state index contributed by atoms with van der Waals surface area (Å²) in [5.74, 6) is -1.12. The van der Waals surface area contributed by atoms with E-state index in [1.807, 2.05) is 122 Å². The molecule has 0 aliphatic carbocycles. The summed E-state index contributed by atoms with van der Waals surface area (Å²) < 4.78 is 25.2. The summed E-state index contributed by atoms with van der Waals surface area (Å²) in [5.41, 5.74) is 2.75. The smallest absolute Gasteiger partial charge is 0.268 e. The van der Waals surface area contributed by atoms with E-state index in [0.29, 0.717) is 47.0 Å². The number of aliphatic hydroxyl groups is 1. The van der Waals surface area contributed by atoms with Crippen LogP contribution in [0, 0.1) is 5.92 Å². The van der Waals surface area contributed by atoms with E-state index in [1.165, 1.54) is 4.90 Å². The van der Waals surface area contributed by atoms with Crippen molar-refractivity contribution < 1.29 is 23.5 Å². The molecule has 256 valence electrons. The Labute approximate surface area is 292 Å². The molecule has 1 aromatic heterocycles. The Kier molecular flexibility index (Phi) is 8.98. The van der Waals surface area contributed by atoms with Crippen LogP contribution >= 0.6 is 0 Å². The van der Waals surface area contributed by atoms with Gasteiger partial charge in [0, 0.05) is 46.8 Å². The largest absolute Gasteiger partial charge is 0.395 e. The number of amides is 2. The second-order valence-electron chi connectivity index (χ2n) is 13.6. The Morgan fingerprint density at radius 3 is 2.28 bits per heavy atom. The van der Waals surface area contributed by atoms with E-state index in [0.717, 1.165) is 12.0 Å². The number of ether oxygens (including phenoxy) is 1. The monoisotopic (exact) mass is 689 g/mol. The summed E-state index contributed by atoms with van der Waals surface area (Å²) >= 11 is 0. The number of anilines is 4. The van der Waals surface area contributed by atoms with Gasteiger partial charge >= 0.3 is 0 Å². The molecule has 0 bridgehead atoms. The molecule has 4 aromatic carbocycles. The zero-order chi connectivity index (χ0) is 35.0. The summed E-state index contributed by atoms with van der Waals surface area (Å²) in [6.07, 6.45) is 2.36. The number of carbonyl (C=O) groups is 2. The highest BCUT2D eigenvalue weighted by atomic mass is 28.4. The first-order chi connectivity index (χ1) is 24.2. The average molecular weight is 690 g/mol. The van der Waals surface area contributed by atoms with Gasteiger partial charge in [0.1, 0.15) is 0 Å². The summed E-state index contributed by atoms with van der Waals surface area (Å²) in [5, 5.41) is 18.9. The van der Waals surface area contributed by atoms with E-state index in [4.69, 9.17) is 4.74 Å². The molecule has 9 nitrogen and oxygen atoms in total. The molecule has 2 amide bonds. The maximum absolute atomic E-state index is 16.5. The third-order valence-corrected chi connectivity index (χ3v) is 12.7. The molecule has 5 aromatic rings. The van der Waals surface area contributed by atoms with Crippen LogP contribution < -0.4 is 9.80 Å². The Bertz CT molecular complexity index is 1970. The molecular weight excluding hydrogens is 650 g/mol. The quantitative estimate of drug-likeness (QED) is 0.0892. The molecule has 2 aliphatic heterocycles. The van der Waals surface area contributed by atoms with Crippen molar-refractivity contribution >= 4 is 43.5 Å². The highest BCUT2D eigenvalue weighted by Crippen LogP contribution is 2.61. The number of hydrogen-bond acceptors (Lipinski definition) is 6. The number of aromatic nitrogens is 3. The Morgan fingerprint density at radius 1 is 0.980 bits per heavy atom. The van der Waals surface area contributed by atoms with Gasteiger partial charge in [-0.2, -0.15) is 0 Å². The van der Waals surface area contributed by atoms with Crippen molar-refractivity contribution in [2.45, 2.75) is 56.1 Å². The van der Waals surface area contributed by atoms with Crippen LogP contribution in [0.3, 0.4) is 0 Å². The fourth-order valence-electron chi connectivity index (χ4n) is 7.97. The van der Waals surface area contributed by atoms with Gasteiger partial charge in [0.25, 0.3) is 5.91 Å². The van der Waals surface area contributed by atoms with Crippen molar-refractivity contribution in [1.29, 1.82) is 0 Å². The number of hydrogen-bond donors (Lipinski definition) is 1. The first-order valence-electron chi connectivity index (χ1n) is 16.9. The molecule has 1 fully saturated rings. The molecule has 1 N–H and O–H groups in total. The van der Waals surface area contributed by atoms with Crippen molar-refractivity contribution in [2.75, 3.05) is 16.4 Å². The molecule has 0 saturated carbocycles. The molecule has 2 aliphatic rings. The van der Waals surface area contributed by atoms with Gasteiger partial charge in [-0.1, -0.05) is 78.9 Å². The van der Waals surface area contributed by atoms with E-state index < -0.39 is 31.6 Å². The van der Waals surface area contributed by atoms with Crippen molar-refractivity contribution in [3.8, 4) is 0 Å². The lowest BCUT2D eigenvalue weighted by Crippen LogP contribution is -2.44. The van der Waals surface area contributed by atoms with Crippen LogP contribution in [0.4, 0.5) is 26.9 Å². The molecule has 1 saturated heterocycles. The number of aryl methyl sites for hydroxylation is 1. The highest BCUT2D eigenvalue weighted by Gasteiger charge is 2.67. The van der Waals surface area contributed by atoms with E-state index in [2.05, 4.69) is 10.3 Å². The van der Waals surface area contributed by atoms with Gasteiger partial charge < -0.3 is 14.0 Å². The fourth-order valence-corrected chi connectivity index (χ4v) is 10.5. The van der Waals surface area contributed by atoms with Crippen LogP contribution in [0.15, 0.2) is 115 Å². The van der Waals surface area contributed by atoms with E-state index in [9.17, 15) is 14.7 Å². The molecular formula is C39H40FN5O4Si. The van der Waals surface area contributed by atoms with Gasteiger partial charge in [0.05, 0.1) is 30.0 Å². The van der Waals surface area contributed by atoms with E-state index >= 15 is 4.11 Å². The van der Waals surface area contributed by atoms with Crippen molar-refractivity contribution in [3.63, 3.8) is 0 Å². The van der Waals surface area contributed by atoms with Crippen molar-refractivity contribution in [1.82, 2.24) is 15.0 Å². The van der Waals surface area contributed by atoms with Crippen LogP contribution in [-0.4, -0.2) is 53.5 Å². The summed E-state index contributed by atoms with van der Waals surface area (Å²) in [7, 11) is -3.43. The normalized spacial score (nSPS) is 22.1. The molecule has 50 heavy (non-hydrogen) atoms. The molecule has 0 radical (unpaired) electrons. The first kappa shape index (κ1) is 33.5. The Morgan fingerprint density at radius 2 is 1.64 bits per heavy atom. The minimum atomic E-state index is -3.43. The molecule has 5 atom stereocenters. The van der Waals surface area contributed by atoms with Crippen LogP contribution in [0.5, 0.6) is 0 Å². The molecule has 3 heterocycles. The zero-order valence-electron chi connectivity index (χ0n) is 28.3. The van der Waals surface area contributed by atoms with Crippen LogP contribution in [0.2, 0.25) is 18.6 Å². The summed E-state index contributed by atoms with van der Waals surface area (Å²) in [6, 6.07) is 33.8. The van der Waals surface area contributed by atoms with E-state index in [1.54, 1.807) is 22.7 Å². The van der Waals surface area contributed by atoms with Crippen LogP contribution in [-0.2, 0) is 26.5 Å². The van der Waals surface area contributed by atoms with Crippen LogP contribution in [0.25, 0.3) is 0 Å². The second-order valence-corrected chi connectivity index (χ2v) is 17.4. The second kappa shape index (κ2) is 13.4. The first-order valence-corrected chi connectivity index (χ1v) is 19.9. The maximum Gasteiger partial charge on any atom is 0.268 e. The third-order valence-electron chi connectivity index (χ3n) is 10.2. The van der Waals surface area contributed by atoms with Gasteiger partial charge in [-0.3, -0.25) is 24.1 Å². The molecule has 7 rings (SSSR count). The van der Waals surface area contributed by atoms with E-state index in [-0.39, 0.29) is 18.4 Å². The predicted octanol–water partition coefficient (Wildman–Crippen LogP) is 7.24. The van der Waals surface area contributed by atoms with Crippen LogP contribution in [0.1, 0.15) is 36.1 Å². The fraction of sp³-hybridized carbons (Fsp3) is 0.282. The minimum Gasteiger partial charge on any atom is -0.395 e. The summed E-state index contributed by atoms with van der Waals surface area (Å²) in [4.78, 5) is 30.6. The van der Waals surface area contributed by atoms with Crippen molar-refractivity contribution in [3.05, 3.63) is 132 Å². The SMILES string of the molecule is C[C@H]1[C@H]([Si](C)(C)F)[C@@H](CCn2cc(C(CO)c3ccccc3)nn2)O[C@]12C(=O)N(c1ccccc1)c1ccc(N(C=O)c3ccccc3)cc12. The third kappa shape index (κ3) is 5.74. The Balaban J connectivity index is 1.26. The molecule has 1 spiro atoms. The minimum absolute atomic E-state index is 0.120. The standard InChI is InChI=1S/C39H40FN5O4Si/c1-27-37(50(2,3)40)36(21-22-43-24-34(41-42-43)32(25-46)28-13-7-4-8-14-28)49-39(27)33-23-31(44(26-47)29-15-9-5-10-16-29)19-20-35(33)45(38(39)48)30-17-11-6-12-18-30/h4-20,23-24,26-27,32,36-37,46H,21-22,25H2,1-3H3/t27-,32?,36+,37-,39+/m0/s1. The molecule has 11 heteroatoms. The number of nitrogens with zero attached hydrogens (tertiary/aromatic N) is 5. The van der Waals surface area contributed by atoms with Gasteiger partial charge in [-0.25, -0.2) is 0 Å². The average Bonchev–Trinajstić information content (AvgIpc) is 3.79. The van der Waals surface area contributed by atoms with Gasteiger partial charge in [-0.05, 0) is 67.5 Å². The Hall–Kier alpha value is -4.97. The van der Waals surface area contributed by atoms with Gasteiger partial charge in [0.15, 0.2) is 5.60 Å². The zero-order valence-corrected chi connectivity index (χ0v) is 29.3. The number of fused-ring (bicyclic) bond motifs is 2. The lowest BCUT2D eigenvalue weighted by atomic mass is 9.82. The maximum atomic E-state index is 16.5. The number of carbonyl (C=O) groups excluding carboxylic acids is 2.